The second-order valence-corrected chi connectivity index (χ2v) is 6.72. The van der Waals surface area contributed by atoms with Crippen LogP contribution in [0.4, 0.5) is 11.4 Å². The summed E-state index contributed by atoms with van der Waals surface area (Å²) < 4.78 is 5.26. The van der Waals surface area contributed by atoms with Crippen molar-refractivity contribution in [1.82, 2.24) is 0 Å². The average molecular weight is 415 g/mol. The Morgan fingerprint density at radius 3 is 1.89 bits per heavy atom. The van der Waals surface area contributed by atoms with Crippen LogP contribution in [0.5, 0.6) is 5.75 Å². The molecule has 0 bridgehead atoms. The first kappa shape index (κ1) is 19.7. The summed E-state index contributed by atoms with van der Waals surface area (Å²) in [5, 5.41) is 6.50. The Kier molecular flexibility index (Phi) is 6.19. The number of methoxy groups -OCH3 is 1. The highest BCUT2D eigenvalue weighted by Crippen LogP contribution is 2.23. The Hall–Kier alpha value is -3.02. The highest BCUT2D eigenvalue weighted by atomic mass is 35.5. The summed E-state index contributed by atoms with van der Waals surface area (Å²) in [7, 11) is 1.46. The van der Waals surface area contributed by atoms with Gasteiger partial charge >= 0.3 is 0 Å². The molecule has 7 heteroatoms. The first-order valence-electron chi connectivity index (χ1n) is 8.28. The maximum atomic E-state index is 12.7. The molecule has 142 valence electrons. The van der Waals surface area contributed by atoms with Crippen molar-refractivity contribution < 1.29 is 14.3 Å². The Morgan fingerprint density at radius 1 is 0.786 bits per heavy atom. The molecule has 5 nitrogen and oxygen atoms in total. The number of carbonyl (C=O) groups is 2. The van der Waals surface area contributed by atoms with Crippen LogP contribution < -0.4 is 15.4 Å². The van der Waals surface area contributed by atoms with Gasteiger partial charge in [-0.3, -0.25) is 9.59 Å². The van der Waals surface area contributed by atoms with Crippen molar-refractivity contribution in [3.05, 3.63) is 87.9 Å². The molecule has 0 heterocycles. The first-order chi connectivity index (χ1) is 13.5. The number of hydrogen-bond acceptors (Lipinski definition) is 3. The second-order valence-electron chi connectivity index (χ2n) is 5.84. The van der Waals surface area contributed by atoms with Gasteiger partial charge in [-0.25, -0.2) is 0 Å². The van der Waals surface area contributed by atoms with Gasteiger partial charge in [0.05, 0.1) is 12.7 Å². The van der Waals surface area contributed by atoms with Gasteiger partial charge in [0.2, 0.25) is 0 Å². The van der Waals surface area contributed by atoms with Gasteiger partial charge in [0.1, 0.15) is 5.75 Å². The summed E-state index contributed by atoms with van der Waals surface area (Å²) in [4.78, 5) is 25.3. The number of hydrogen-bond donors (Lipinski definition) is 2. The molecule has 3 rings (SSSR count). The number of carbonyl (C=O) groups excluding carboxylic acids is 2. The van der Waals surface area contributed by atoms with E-state index in [9.17, 15) is 9.59 Å². The lowest BCUT2D eigenvalue weighted by atomic mass is 10.1. The zero-order valence-corrected chi connectivity index (χ0v) is 16.3. The fourth-order valence-corrected chi connectivity index (χ4v) is 2.94. The zero-order valence-electron chi connectivity index (χ0n) is 14.8. The largest absolute Gasteiger partial charge is 0.496 e. The molecule has 2 amide bonds. The van der Waals surface area contributed by atoms with Crippen LogP contribution in [-0.4, -0.2) is 18.9 Å². The molecule has 0 radical (unpaired) electrons. The van der Waals surface area contributed by atoms with Gasteiger partial charge < -0.3 is 15.4 Å². The summed E-state index contributed by atoms with van der Waals surface area (Å²) in [5.74, 6) is -0.447. The summed E-state index contributed by atoms with van der Waals surface area (Å²) in [6.45, 7) is 0. The molecule has 0 aliphatic heterocycles. The van der Waals surface area contributed by atoms with Crippen molar-refractivity contribution in [2.24, 2.45) is 0 Å². The smallest absolute Gasteiger partial charge is 0.259 e. The molecule has 0 saturated carbocycles. The lowest BCUT2D eigenvalue weighted by Crippen LogP contribution is -2.16. The summed E-state index contributed by atoms with van der Waals surface area (Å²) >= 11 is 11.9. The van der Waals surface area contributed by atoms with Crippen LogP contribution in [-0.2, 0) is 0 Å². The van der Waals surface area contributed by atoms with E-state index >= 15 is 0 Å². The summed E-state index contributed by atoms with van der Waals surface area (Å²) in [5.41, 5.74) is 1.62. The average Bonchev–Trinajstić information content (AvgIpc) is 2.67. The molecule has 3 aromatic carbocycles. The molecule has 0 aliphatic carbocycles. The quantitative estimate of drug-likeness (QED) is 0.578. The van der Waals surface area contributed by atoms with Crippen molar-refractivity contribution in [2.45, 2.75) is 0 Å². The van der Waals surface area contributed by atoms with Gasteiger partial charge in [0.15, 0.2) is 0 Å². The molecule has 0 aliphatic rings. The number of anilines is 2. The Bertz CT molecular complexity index is 1040. The molecule has 0 saturated heterocycles. The number of benzene rings is 3. The number of nitrogens with one attached hydrogen (secondary N) is 2. The van der Waals surface area contributed by atoms with E-state index in [-0.39, 0.29) is 11.5 Å². The van der Waals surface area contributed by atoms with Crippen molar-refractivity contribution in [3.8, 4) is 5.75 Å². The van der Waals surface area contributed by atoms with Crippen molar-refractivity contribution >= 4 is 46.4 Å². The minimum absolute atomic E-state index is 0.223. The lowest BCUT2D eigenvalue weighted by Gasteiger charge is -2.12. The third-order valence-corrected chi connectivity index (χ3v) is 4.34. The summed E-state index contributed by atoms with van der Waals surface area (Å²) in [6.07, 6.45) is 0. The van der Waals surface area contributed by atoms with Gasteiger partial charge in [0.25, 0.3) is 11.8 Å². The van der Waals surface area contributed by atoms with E-state index in [2.05, 4.69) is 10.6 Å². The van der Waals surface area contributed by atoms with Crippen LogP contribution in [0.3, 0.4) is 0 Å². The van der Waals surface area contributed by atoms with Crippen LogP contribution in [0.25, 0.3) is 0 Å². The van der Waals surface area contributed by atoms with Crippen LogP contribution in [0.2, 0.25) is 10.0 Å². The predicted molar refractivity (Wildman–Crippen MR) is 112 cm³/mol. The second kappa shape index (κ2) is 8.78. The molecule has 0 spiro atoms. The van der Waals surface area contributed by atoms with Gasteiger partial charge in [-0.2, -0.15) is 0 Å². The third kappa shape index (κ3) is 4.82. The van der Waals surface area contributed by atoms with E-state index in [1.54, 1.807) is 60.7 Å². The van der Waals surface area contributed by atoms with Gasteiger partial charge in [0, 0.05) is 27.0 Å². The third-order valence-electron chi connectivity index (χ3n) is 3.87. The Morgan fingerprint density at radius 2 is 1.36 bits per heavy atom. The molecule has 28 heavy (non-hydrogen) atoms. The van der Waals surface area contributed by atoms with Crippen molar-refractivity contribution in [1.29, 1.82) is 0 Å². The molecule has 0 atom stereocenters. The number of ether oxygens (including phenoxy) is 1. The van der Waals surface area contributed by atoms with Crippen LogP contribution in [0.15, 0.2) is 66.7 Å². The van der Waals surface area contributed by atoms with Crippen LogP contribution in [0.1, 0.15) is 20.7 Å². The fourth-order valence-electron chi connectivity index (χ4n) is 2.56. The van der Waals surface area contributed by atoms with Gasteiger partial charge in [-0.15, -0.1) is 0 Å². The Labute approximate surface area is 172 Å². The maximum absolute atomic E-state index is 12.7. The molecular formula is C21H16Cl2N2O3. The minimum Gasteiger partial charge on any atom is -0.496 e. The van der Waals surface area contributed by atoms with E-state index in [1.165, 1.54) is 13.2 Å². The molecule has 3 aromatic rings. The molecule has 0 fully saturated rings. The van der Waals surface area contributed by atoms with E-state index in [4.69, 9.17) is 27.9 Å². The minimum atomic E-state index is -0.420. The van der Waals surface area contributed by atoms with E-state index in [0.717, 1.165) is 0 Å². The standard InChI is InChI=1S/C21H16Cl2N2O3/c1-28-19-9-8-13(20(26)24-16-6-2-4-14(22)11-16)10-18(19)21(27)25-17-7-3-5-15(23)12-17/h2-12H,1H3,(H,24,26)(H,25,27). The monoisotopic (exact) mass is 414 g/mol. The highest BCUT2D eigenvalue weighted by Gasteiger charge is 2.16. The zero-order chi connectivity index (χ0) is 20.1. The molecule has 2 N–H and O–H groups in total. The number of amides is 2. The normalized spacial score (nSPS) is 10.2. The Balaban J connectivity index is 1.84. The lowest BCUT2D eigenvalue weighted by molar-refractivity contribution is 0.102. The van der Waals surface area contributed by atoms with Gasteiger partial charge in [-0.05, 0) is 54.6 Å². The van der Waals surface area contributed by atoms with Gasteiger partial charge in [-0.1, -0.05) is 35.3 Å². The maximum Gasteiger partial charge on any atom is 0.259 e. The SMILES string of the molecule is COc1ccc(C(=O)Nc2cccc(Cl)c2)cc1C(=O)Nc1cccc(Cl)c1. The van der Waals surface area contributed by atoms with E-state index < -0.39 is 5.91 Å². The van der Waals surface area contributed by atoms with Crippen molar-refractivity contribution in [2.75, 3.05) is 17.7 Å². The summed E-state index contributed by atoms with van der Waals surface area (Å²) in [6, 6.07) is 18.2. The molecule has 0 unspecified atom stereocenters. The highest BCUT2D eigenvalue weighted by molar-refractivity contribution is 6.31. The number of halogens is 2. The van der Waals surface area contributed by atoms with Crippen LogP contribution >= 0.6 is 23.2 Å². The van der Waals surface area contributed by atoms with E-state index in [0.29, 0.717) is 32.7 Å². The van der Waals surface area contributed by atoms with E-state index in [1.807, 2.05) is 0 Å². The molecular weight excluding hydrogens is 399 g/mol. The first-order valence-corrected chi connectivity index (χ1v) is 9.04. The predicted octanol–water partition coefficient (Wildman–Crippen LogP) is 5.51. The number of rotatable bonds is 5. The van der Waals surface area contributed by atoms with Crippen LogP contribution in [0, 0.1) is 0 Å². The topological polar surface area (TPSA) is 67.4 Å². The van der Waals surface area contributed by atoms with Crippen molar-refractivity contribution in [3.63, 3.8) is 0 Å². The molecule has 0 aromatic heterocycles. The fraction of sp³-hybridized carbons (Fsp3) is 0.0476.